The van der Waals surface area contributed by atoms with Gasteiger partial charge in [-0.05, 0) is 60.7 Å². The number of nitrogens with two attached hydrogens (primary N) is 1. The van der Waals surface area contributed by atoms with Gasteiger partial charge in [0.25, 0.3) is 0 Å². The van der Waals surface area contributed by atoms with Crippen molar-refractivity contribution in [2.45, 2.75) is 24.8 Å². The van der Waals surface area contributed by atoms with E-state index >= 15 is 0 Å². The average Bonchev–Trinajstić information content (AvgIpc) is 2.72. The summed E-state index contributed by atoms with van der Waals surface area (Å²) in [6, 6.07) is 12.8. The van der Waals surface area contributed by atoms with Gasteiger partial charge in [0.2, 0.25) is 5.91 Å². The number of nitrogens with zero attached hydrogens (tertiary/aromatic N) is 2. The smallest absolute Gasteiger partial charge is 0.242 e. The lowest BCUT2D eigenvalue weighted by Crippen LogP contribution is -2.53. The molecule has 0 bridgehead atoms. The number of hydrogen-bond acceptors (Lipinski definition) is 4. The molecule has 3 aromatic rings. The Hall–Kier alpha value is -2.47. The van der Waals surface area contributed by atoms with E-state index in [0.717, 1.165) is 11.1 Å². The predicted molar refractivity (Wildman–Crippen MR) is 116 cm³/mol. The minimum Gasteiger partial charge on any atom is -0.368 e. The summed E-state index contributed by atoms with van der Waals surface area (Å²) in [4.78, 5) is 20.9. The summed E-state index contributed by atoms with van der Waals surface area (Å²) in [5, 5.41) is 4.29. The lowest BCUT2D eigenvalue weighted by Gasteiger charge is -2.33. The van der Waals surface area contributed by atoms with E-state index in [1.165, 1.54) is 0 Å². The van der Waals surface area contributed by atoms with Crippen molar-refractivity contribution in [1.29, 1.82) is 0 Å². The van der Waals surface area contributed by atoms with Crippen LogP contribution in [0.4, 0.5) is 0 Å². The molecule has 1 unspecified atom stereocenters. The SMILES string of the molecule is NC(=O)C(CCc1ccncc1)(NCCc1cccnc1)c1ccc(Cl)cc1Cl. The molecule has 1 aromatic carbocycles. The molecule has 7 heteroatoms. The van der Waals surface area contributed by atoms with E-state index in [4.69, 9.17) is 28.9 Å². The van der Waals surface area contributed by atoms with Gasteiger partial charge in [-0.1, -0.05) is 35.3 Å². The van der Waals surface area contributed by atoms with E-state index in [9.17, 15) is 4.79 Å². The second-order valence-electron chi connectivity index (χ2n) is 6.79. The standard InChI is InChI=1S/C22H22Cl2N4O/c23-18-3-4-19(20(24)14-18)22(21(25)29,9-5-16-6-11-26-12-7-16)28-13-8-17-2-1-10-27-15-17/h1-4,6-7,10-12,14-15,28H,5,8-9,13H2,(H2,25,29). The minimum atomic E-state index is -1.13. The van der Waals surface area contributed by atoms with Crippen LogP contribution in [-0.2, 0) is 23.2 Å². The highest BCUT2D eigenvalue weighted by molar-refractivity contribution is 6.35. The number of aryl methyl sites for hydroxylation is 1. The van der Waals surface area contributed by atoms with E-state index in [2.05, 4.69) is 15.3 Å². The molecule has 0 aliphatic rings. The summed E-state index contributed by atoms with van der Waals surface area (Å²) in [7, 11) is 0. The Kier molecular flexibility index (Phi) is 7.20. The lowest BCUT2D eigenvalue weighted by molar-refractivity contribution is -0.125. The Morgan fingerprint density at radius 1 is 1.00 bits per heavy atom. The molecule has 0 saturated heterocycles. The monoisotopic (exact) mass is 428 g/mol. The van der Waals surface area contributed by atoms with Gasteiger partial charge in [-0.3, -0.25) is 20.1 Å². The van der Waals surface area contributed by atoms with Gasteiger partial charge in [-0.25, -0.2) is 0 Å². The van der Waals surface area contributed by atoms with Crippen molar-refractivity contribution in [2.75, 3.05) is 6.54 Å². The molecule has 0 aliphatic heterocycles. The fourth-order valence-corrected chi connectivity index (χ4v) is 3.91. The van der Waals surface area contributed by atoms with Crippen LogP contribution in [0.25, 0.3) is 0 Å². The molecule has 2 aromatic heterocycles. The Morgan fingerprint density at radius 2 is 1.79 bits per heavy atom. The Morgan fingerprint density at radius 3 is 2.45 bits per heavy atom. The van der Waals surface area contributed by atoms with Crippen molar-refractivity contribution in [3.63, 3.8) is 0 Å². The first-order valence-electron chi connectivity index (χ1n) is 9.29. The molecule has 0 spiro atoms. The van der Waals surface area contributed by atoms with Crippen LogP contribution in [0.1, 0.15) is 23.1 Å². The second kappa shape index (κ2) is 9.83. The van der Waals surface area contributed by atoms with Crippen LogP contribution in [-0.4, -0.2) is 22.4 Å². The predicted octanol–water partition coefficient (Wildman–Crippen LogP) is 3.93. The number of aromatic nitrogens is 2. The minimum absolute atomic E-state index is 0.403. The van der Waals surface area contributed by atoms with Crippen LogP contribution in [0.5, 0.6) is 0 Å². The molecule has 150 valence electrons. The van der Waals surface area contributed by atoms with E-state index in [0.29, 0.717) is 41.4 Å². The van der Waals surface area contributed by atoms with Crippen molar-refractivity contribution < 1.29 is 4.79 Å². The Balaban J connectivity index is 1.89. The number of pyridine rings is 2. The zero-order valence-corrected chi connectivity index (χ0v) is 17.3. The van der Waals surface area contributed by atoms with Crippen LogP contribution in [0.2, 0.25) is 10.0 Å². The van der Waals surface area contributed by atoms with E-state index < -0.39 is 11.4 Å². The Bertz CT molecular complexity index is 954. The zero-order valence-electron chi connectivity index (χ0n) is 15.8. The first-order valence-corrected chi connectivity index (χ1v) is 10.0. The normalized spacial score (nSPS) is 13.0. The summed E-state index contributed by atoms with van der Waals surface area (Å²) in [5.41, 5.74) is 7.55. The maximum atomic E-state index is 12.8. The largest absolute Gasteiger partial charge is 0.368 e. The molecular weight excluding hydrogens is 407 g/mol. The quantitative estimate of drug-likeness (QED) is 0.540. The number of rotatable bonds is 9. The van der Waals surface area contributed by atoms with Crippen molar-refractivity contribution in [3.05, 3.63) is 94.0 Å². The van der Waals surface area contributed by atoms with Crippen molar-refractivity contribution in [2.24, 2.45) is 5.73 Å². The molecule has 5 nitrogen and oxygen atoms in total. The fourth-order valence-electron chi connectivity index (χ4n) is 3.34. The number of amides is 1. The average molecular weight is 429 g/mol. The summed E-state index contributed by atoms with van der Waals surface area (Å²) < 4.78 is 0. The topological polar surface area (TPSA) is 80.9 Å². The first-order chi connectivity index (χ1) is 14.0. The van der Waals surface area contributed by atoms with Gasteiger partial charge in [0, 0.05) is 46.9 Å². The van der Waals surface area contributed by atoms with Gasteiger partial charge < -0.3 is 5.73 Å². The number of hydrogen-bond donors (Lipinski definition) is 2. The summed E-state index contributed by atoms with van der Waals surface area (Å²) in [5.74, 6) is -0.484. The third kappa shape index (κ3) is 5.32. The number of carbonyl (C=O) groups excluding carboxylic acids is 1. The van der Waals surface area contributed by atoms with Crippen LogP contribution in [0, 0.1) is 0 Å². The molecule has 29 heavy (non-hydrogen) atoms. The van der Waals surface area contributed by atoms with Gasteiger partial charge in [-0.2, -0.15) is 0 Å². The van der Waals surface area contributed by atoms with Gasteiger partial charge in [-0.15, -0.1) is 0 Å². The van der Waals surface area contributed by atoms with Gasteiger partial charge in [0.1, 0.15) is 5.54 Å². The highest BCUT2D eigenvalue weighted by atomic mass is 35.5. The Labute approximate surface area is 180 Å². The van der Waals surface area contributed by atoms with E-state index in [1.54, 1.807) is 43.0 Å². The van der Waals surface area contributed by atoms with E-state index in [-0.39, 0.29) is 0 Å². The molecular formula is C22H22Cl2N4O. The fraction of sp³-hybridized carbons (Fsp3) is 0.227. The first kappa shape index (κ1) is 21.2. The number of benzene rings is 1. The summed E-state index contributed by atoms with van der Waals surface area (Å²) >= 11 is 12.6. The molecule has 1 atom stereocenters. The van der Waals surface area contributed by atoms with Crippen LogP contribution in [0.15, 0.2) is 67.3 Å². The third-order valence-corrected chi connectivity index (χ3v) is 5.46. The van der Waals surface area contributed by atoms with Crippen LogP contribution in [0.3, 0.4) is 0 Å². The van der Waals surface area contributed by atoms with Crippen molar-refractivity contribution in [1.82, 2.24) is 15.3 Å². The van der Waals surface area contributed by atoms with Gasteiger partial charge in [0.15, 0.2) is 0 Å². The maximum absolute atomic E-state index is 12.8. The summed E-state index contributed by atoms with van der Waals surface area (Å²) in [6.07, 6.45) is 8.76. The van der Waals surface area contributed by atoms with Crippen molar-refractivity contribution in [3.8, 4) is 0 Å². The van der Waals surface area contributed by atoms with Crippen molar-refractivity contribution >= 4 is 29.1 Å². The molecule has 0 aliphatic carbocycles. The van der Waals surface area contributed by atoms with Crippen LogP contribution >= 0.6 is 23.2 Å². The van der Waals surface area contributed by atoms with Gasteiger partial charge >= 0.3 is 0 Å². The molecule has 3 rings (SSSR count). The highest BCUT2D eigenvalue weighted by Crippen LogP contribution is 2.34. The summed E-state index contributed by atoms with van der Waals surface area (Å²) in [6.45, 7) is 0.532. The number of carbonyl (C=O) groups is 1. The highest BCUT2D eigenvalue weighted by Gasteiger charge is 2.39. The number of halogens is 2. The number of nitrogens with one attached hydrogen (secondary N) is 1. The number of primary amides is 1. The maximum Gasteiger partial charge on any atom is 0.242 e. The van der Waals surface area contributed by atoms with Gasteiger partial charge in [0.05, 0.1) is 0 Å². The third-order valence-electron chi connectivity index (χ3n) is 4.91. The molecule has 2 heterocycles. The zero-order chi connectivity index (χ0) is 20.7. The second-order valence-corrected chi connectivity index (χ2v) is 7.63. The molecule has 0 fully saturated rings. The molecule has 0 saturated carbocycles. The van der Waals surface area contributed by atoms with E-state index in [1.807, 2.05) is 24.3 Å². The molecule has 1 amide bonds. The van der Waals surface area contributed by atoms with Crippen LogP contribution < -0.4 is 11.1 Å². The molecule has 3 N–H and O–H groups in total. The lowest BCUT2D eigenvalue weighted by atomic mass is 9.83. The molecule has 0 radical (unpaired) electrons.